The molecule has 0 fully saturated rings. The van der Waals surface area contributed by atoms with Gasteiger partial charge in [-0.05, 0) is 18.2 Å². The second kappa shape index (κ2) is 6.97. The number of phenols is 1. The fourth-order valence-electron chi connectivity index (χ4n) is 1.50. The number of phenolic OH excluding ortho intramolecular Hbond substituents is 1. The summed E-state index contributed by atoms with van der Waals surface area (Å²) in [7, 11) is 3.19. The van der Waals surface area contributed by atoms with Crippen LogP contribution in [0.5, 0.6) is 5.75 Å². The lowest BCUT2D eigenvalue weighted by Gasteiger charge is -2.20. The van der Waals surface area contributed by atoms with Crippen molar-refractivity contribution in [3.63, 3.8) is 0 Å². The topological polar surface area (TPSA) is 49.8 Å². The summed E-state index contributed by atoms with van der Waals surface area (Å²) < 4.78 is 5.64. The SMILES string of the molecule is COCC(Cl)CN(C)C(=O)c1cc(Br)ccc1O. The molecule has 0 saturated carbocycles. The maximum absolute atomic E-state index is 12.1. The first-order chi connectivity index (χ1) is 8.45. The van der Waals surface area contributed by atoms with Crippen LogP contribution in [-0.2, 0) is 4.74 Å². The minimum absolute atomic E-state index is 0.0482. The van der Waals surface area contributed by atoms with Gasteiger partial charge in [0.25, 0.3) is 5.91 Å². The first-order valence-electron chi connectivity index (χ1n) is 5.32. The van der Waals surface area contributed by atoms with Crippen molar-refractivity contribution in [3.05, 3.63) is 28.2 Å². The molecule has 1 rings (SSSR count). The molecule has 1 N–H and O–H groups in total. The Hall–Kier alpha value is -0.780. The zero-order valence-corrected chi connectivity index (χ0v) is 12.5. The van der Waals surface area contributed by atoms with E-state index < -0.39 is 0 Å². The van der Waals surface area contributed by atoms with Crippen LogP contribution in [0.1, 0.15) is 10.4 Å². The summed E-state index contributed by atoms with van der Waals surface area (Å²) in [5, 5.41) is 9.39. The van der Waals surface area contributed by atoms with Gasteiger partial charge in [-0.2, -0.15) is 0 Å². The third-order valence-electron chi connectivity index (χ3n) is 2.36. The number of rotatable bonds is 5. The standard InChI is InChI=1S/C12H15BrClNO3/c1-15(6-9(14)7-18-2)12(17)10-5-8(13)3-4-11(10)16/h3-5,9,16H,6-7H2,1-2H3. The molecule has 18 heavy (non-hydrogen) atoms. The zero-order chi connectivity index (χ0) is 13.7. The summed E-state index contributed by atoms with van der Waals surface area (Å²) in [5.41, 5.74) is 0.244. The number of amides is 1. The molecule has 0 saturated heterocycles. The van der Waals surface area contributed by atoms with Gasteiger partial charge in [0.15, 0.2) is 0 Å². The van der Waals surface area contributed by atoms with Crippen LogP contribution in [0, 0.1) is 0 Å². The van der Waals surface area contributed by atoms with E-state index in [-0.39, 0.29) is 22.6 Å². The Kier molecular flexibility index (Phi) is 5.91. The Morgan fingerprint density at radius 3 is 2.89 bits per heavy atom. The number of alkyl halides is 1. The molecule has 1 aromatic rings. The van der Waals surface area contributed by atoms with E-state index in [4.69, 9.17) is 16.3 Å². The number of benzene rings is 1. The lowest BCUT2D eigenvalue weighted by molar-refractivity contribution is 0.0778. The van der Waals surface area contributed by atoms with E-state index in [2.05, 4.69) is 15.9 Å². The number of nitrogens with zero attached hydrogens (tertiary/aromatic N) is 1. The van der Waals surface area contributed by atoms with Crippen LogP contribution in [0.2, 0.25) is 0 Å². The second-order valence-electron chi connectivity index (χ2n) is 3.90. The van der Waals surface area contributed by atoms with E-state index >= 15 is 0 Å². The highest BCUT2D eigenvalue weighted by Crippen LogP contribution is 2.23. The molecule has 0 aliphatic rings. The van der Waals surface area contributed by atoms with Gasteiger partial charge in [-0.3, -0.25) is 4.79 Å². The Morgan fingerprint density at radius 2 is 2.28 bits per heavy atom. The van der Waals surface area contributed by atoms with Crippen molar-refractivity contribution in [1.29, 1.82) is 0 Å². The van der Waals surface area contributed by atoms with E-state index in [9.17, 15) is 9.90 Å². The van der Waals surface area contributed by atoms with E-state index in [0.717, 1.165) is 4.47 Å². The van der Waals surface area contributed by atoms with Gasteiger partial charge in [0.2, 0.25) is 0 Å². The highest BCUT2D eigenvalue weighted by atomic mass is 79.9. The third-order valence-corrected chi connectivity index (χ3v) is 3.11. The lowest BCUT2D eigenvalue weighted by Crippen LogP contribution is -2.34. The van der Waals surface area contributed by atoms with Crippen LogP contribution in [-0.4, -0.2) is 48.6 Å². The van der Waals surface area contributed by atoms with Crippen molar-refractivity contribution in [1.82, 2.24) is 4.90 Å². The van der Waals surface area contributed by atoms with E-state index in [0.29, 0.717) is 13.2 Å². The van der Waals surface area contributed by atoms with Gasteiger partial charge in [0.05, 0.1) is 17.5 Å². The molecule has 0 spiro atoms. The summed E-state index contributed by atoms with van der Waals surface area (Å²) in [4.78, 5) is 13.6. The maximum Gasteiger partial charge on any atom is 0.257 e. The fraction of sp³-hybridized carbons (Fsp3) is 0.417. The van der Waals surface area contributed by atoms with Crippen LogP contribution in [0.25, 0.3) is 0 Å². The third kappa shape index (κ3) is 4.15. The largest absolute Gasteiger partial charge is 0.507 e. The summed E-state index contributed by atoms with van der Waals surface area (Å²) >= 11 is 9.25. The van der Waals surface area contributed by atoms with Crippen molar-refractivity contribution in [3.8, 4) is 5.75 Å². The van der Waals surface area contributed by atoms with E-state index in [1.165, 1.54) is 11.0 Å². The molecule has 0 aliphatic carbocycles. The summed E-state index contributed by atoms with van der Waals surface area (Å²) in [6.45, 7) is 0.712. The Morgan fingerprint density at radius 1 is 1.61 bits per heavy atom. The number of ether oxygens (including phenoxy) is 1. The number of hydrogen-bond acceptors (Lipinski definition) is 3. The van der Waals surface area contributed by atoms with Crippen LogP contribution < -0.4 is 0 Å². The molecule has 0 aromatic heterocycles. The average Bonchev–Trinajstić information content (AvgIpc) is 2.31. The summed E-state index contributed by atoms with van der Waals surface area (Å²) in [6, 6.07) is 4.72. The van der Waals surface area contributed by atoms with Gasteiger partial charge in [0.1, 0.15) is 5.75 Å². The molecule has 1 aromatic carbocycles. The molecule has 1 amide bonds. The van der Waals surface area contributed by atoms with Crippen molar-refractivity contribution in [2.75, 3.05) is 27.3 Å². The molecule has 6 heteroatoms. The molecular weight excluding hydrogens is 321 g/mol. The molecule has 0 bridgehead atoms. The first kappa shape index (κ1) is 15.3. The first-order valence-corrected chi connectivity index (χ1v) is 6.55. The number of methoxy groups -OCH3 is 1. The van der Waals surface area contributed by atoms with Crippen molar-refractivity contribution in [2.45, 2.75) is 5.38 Å². The second-order valence-corrected chi connectivity index (χ2v) is 5.43. The molecule has 4 nitrogen and oxygen atoms in total. The molecule has 0 aliphatic heterocycles. The number of carbonyl (C=O) groups is 1. The number of aromatic hydroxyl groups is 1. The lowest BCUT2D eigenvalue weighted by atomic mass is 10.2. The van der Waals surface area contributed by atoms with Gasteiger partial charge < -0.3 is 14.7 Å². The molecule has 0 radical (unpaired) electrons. The molecular formula is C12H15BrClNO3. The molecule has 1 atom stereocenters. The molecule has 0 heterocycles. The Balaban J connectivity index is 2.77. The van der Waals surface area contributed by atoms with Gasteiger partial charge in [0, 0.05) is 25.2 Å². The normalized spacial score (nSPS) is 12.2. The van der Waals surface area contributed by atoms with Gasteiger partial charge in [-0.15, -0.1) is 11.6 Å². The average molecular weight is 337 g/mol. The predicted molar refractivity (Wildman–Crippen MR) is 74.3 cm³/mol. The van der Waals surface area contributed by atoms with Gasteiger partial charge in [-0.25, -0.2) is 0 Å². The Bertz CT molecular complexity index is 428. The smallest absolute Gasteiger partial charge is 0.257 e. The zero-order valence-electron chi connectivity index (χ0n) is 10.2. The van der Waals surface area contributed by atoms with Crippen molar-refractivity contribution < 1.29 is 14.6 Å². The summed E-state index contributed by atoms with van der Waals surface area (Å²) in [5.74, 6) is -0.330. The molecule has 100 valence electrons. The summed E-state index contributed by atoms with van der Waals surface area (Å²) in [6.07, 6.45) is 0. The van der Waals surface area contributed by atoms with Crippen molar-refractivity contribution >= 4 is 33.4 Å². The Labute approximate surface area is 120 Å². The maximum atomic E-state index is 12.1. The monoisotopic (exact) mass is 335 g/mol. The number of hydrogen-bond donors (Lipinski definition) is 1. The highest BCUT2D eigenvalue weighted by Gasteiger charge is 2.18. The van der Waals surface area contributed by atoms with Crippen molar-refractivity contribution in [2.24, 2.45) is 0 Å². The number of halogens is 2. The van der Waals surface area contributed by atoms with Gasteiger partial charge in [-0.1, -0.05) is 15.9 Å². The highest BCUT2D eigenvalue weighted by molar-refractivity contribution is 9.10. The number of carbonyl (C=O) groups excluding carboxylic acids is 1. The van der Waals surface area contributed by atoms with Crippen LogP contribution in [0.4, 0.5) is 0 Å². The van der Waals surface area contributed by atoms with E-state index in [1.54, 1.807) is 26.3 Å². The quantitative estimate of drug-likeness (QED) is 0.841. The van der Waals surface area contributed by atoms with E-state index in [1.807, 2.05) is 0 Å². The minimum Gasteiger partial charge on any atom is -0.507 e. The van der Waals surface area contributed by atoms with Crippen LogP contribution in [0.15, 0.2) is 22.7 Å². The fourth-order valence-corrected chi connectivity index (χ4v) is 2.19. The minimum atomic E-state index is -0.282. The predicted octanol–water partition coefficient (Wildman–Crippen LogP) is 2.48. The van der Waals surface area contributed by atoms with Gasteiger partial charge >= 0.3 is 0 Å². The molecule has 1 unspecified atom stereocenters. The van der Waals surface area contributed by atoms with Crippen LogP contribution in [0.3, 0.4) is 0 Å². The van der Waals surface area contributed by atoms with Crippen LogP contribution >= 0.6 is 27.5 Å².